The molecule has 7 nitrogen and oxygen atoms in total. The molecular weight excluding hydrogens is 391 g/mol. The number of hydrogen-bond acceptors (Lipinski definition) is 5. The number of alkyl halides is 3. The highest BCUT2D eigenvalue weighted by Crippen LogP contribution is 2.30. The standard InChI is InChI=1S/C19H18F3N3O4/c1-11(2)10-28-16-4-3-15(29-19(20,21)22)6-14(16)9-25-17-12(8-24-25)5-13(7-23-17)18(26)27/h3-8,11H,9-10H2,1-2H3,(H,26,27). The van der Waals surface area contributed by atoms with Gasteiger partial charge in [-0.3, -0.25) is 0 Å². The number of benzene rings is 1. The first-order valence-corrected chi connectivity index (χ1v) is 8.68. The summed E-state index contributed by atoms with van der Waals surface area (Å²) in [6.07, 6.45) is -2.17. The van der Waals surface area contributed by atoms with E-state index >= 15 is 0 Å². The van der Waals surface area contributed by atoms with Crippen molar-refractivity contribution >= 4 is 17.0 Å². The molecule has 0 aliphatic carbocycles. The minimum atomic E-state index is -4.81. The molecule has 1 aromatic carbocycles. The molecule has 0 radical (unpaired) electrons. The van der Waals surface area contributed by atoms with Crippen molar-refractivity contribution in [2.24, 2.45) is 5.92 Å². The zero-order valence-electron chi connectivity index (χ0n) is 15.6. The van der Waals surface area contributed by atoms with E-state index in [1.807, 2.05) is 13.8 Å². The van der Waals surface area contributed by atoms with Crippen LogP contribution in [0.3, 0.4) is 0 Å². The highest BCUT2D eigenvalue weighted by Gasteiger charge is 2.31. The number of fused-ring (bicyclic) bond motifs is 1. The highest BCUT2D eigenvalue weighted by atomic mass is 19.4. The quantitative estimate of drug-likeness (QED) is 0.632. The molecule has 154 valence electrons. The van der Waals surface area contributed by atoms with Gasteiger partial charge in [0, 0.05) is 17.1 Å². The van der Waals surface area contributed by atoms with Crippen molar-refractivity contribution in [1.29, 1.82) is 0 Å². The molecule has 2 aromatic heterocycles. The first-order valence-electron chi connectivity index (χ1n) is 8.68. The zero-order valence-corrected chi connectivity index (χ0v) is 15.6. The Morgan fingerprint density at radius 1 is 1.24 bits per heavy atom. The second-order valence-corrected chi connectivity index (χ2v) is 6.77. The molecule has 0 aliphatic heterocycles. The summed E-state index contributed by atoms with van der Waals surface area (Å²) in [5.74, 6) is -0.870. The van der Waals surface area contributed by atoms with Crippen LogP contribution in [0.2, 0.25) is 0 Å². The van der Waals surface area contributed by atoms with E-state index in [9.17, 15) is 18.0 Å². The van der Waals surface area contributed by atoms with Crippen molar-refractivity contribution < 1.29 is 32.5 Å². The fraction of sp³-hybridized carbons (Fsp3) is 0.316. The van der Waals surface area contributed by atoms with Gasteiger partial charge in [-0.15, -0.1) is 13.2 Å². The van der Waals surface area contributed by atoms with Crippen LogP contribution in [-0.4, -0.2) is 38.8 Å². The van der Waals surface area contributed by atoms with Crippen LogP contribution < -0.4 is 9.47 Å². The lowest BCUT2D eigenvalue weighted by Gasteiger charge is -2.16. The molecule has 2 heterocycles. The predicted molar refractivity (Wildman–Crippen MR) is 97.0 cm³/mol. The number of carboxylic acids is 1. The monoisotopic (exact) mass is 409 g/mol. The van der Waals surface area contributed by atoms with Crippen LogP contribution in [0.5, 0.6) is 11.5 Å². The number of aromatic nitrogens is 3. The SMILES string of the molecule is CC(C)COc1ccc(OC(F)(F)F)cc1Cn1ncc2cc(C(=O)O)cnc21. The lowest BCUT2D eigenvalue weighted by atomic mass is 10.1. The number of nitrogens with zero attached hydrogens (tertiary/aromatic N) is 3. The second kappa shape index (κ2) is 7.98. The predicted octanol–water partition coefficient (Wildman–Crippen LogP) is 4.11. The molecule has 3 aromatic rings. The lowest BCUT2D eigenvalue weighted by Crippen LogP contribution is -2.17. The Morgan fingerprint density at radius 3 is 2.66 bits per heavy atom. The molecule has 0 saturated heterocycles. The third-order valence-electron chi connectivity index (χ3n) is 3.88. The van der Waals surface area contributed by atoms with Crippen molar-refractivity contribution in [2.45, 2.75) is 26.8 Å². The van der Waals surface area contributed by atoms with E-state index in [2.05, 4.69) is 14.8 Å². The molecule has 0 fully saturated rings. The molecule has 3 rings (SSSR count). The third kappa shape index (κ3) is 5.15. The molecule has 0 unspecified atom stereocenters. The topological polar surface area (TPSA) is 86.5 Å². The molecule has 0 amide bonds. The minimum Gasteiger partial charge on any atom is -0.493 e. The number of ether oxygens (including phenoxy) is 2. The number of hydrogen-bond donors (Lipinski definition) is 1. The van der Waals surface area contributed by atoms with Gasteiger partial charge in [0.1, 0.15) is 11.5 Å². The number of aromatic carboxylic acids is 1. The summed E-state index contributed by atoms with van der Waals surface area (Å²) in [5.41, 5.74) is 0.826. The number of rotatable bonds is 7. The summed E-state index contributed by atoms with van der Waals surface area (Å²) >= 11 is 0. The van der Waals surface area contributed by atoms with Gasteiger partial charge in [0.15, 0.2) is 5.65 Å². The Morgan fingerprint density at radius 2 is 2.00 bits per heavy atom. The molecule has 29 heavy (non-hydrogen) atoms. The zero-order chi connectivity index (χ0) is 21.2. The van der Waals surface area contributed by atoms with E-state index < -0.39 is 12.3 Å². The van der Waals surface area contributed by atoms with E-state index in [1.54, 1.807) is 0 Å². The van der Waals surface area contributed by atoms with Gasteiger partial charge in [0.25, 0.3) is 0 Å². The summed E-state index contributed by atoms with van der Waals surface area (Å²) in [5, 5.41) is 13.7. The summed E-state index contributed by atoms with van der Waals surface area (Å²) in [7, 11) is 0. The molecule has 10 heteroatoms. The van der Waals surface area contributed by atoms with Crippen LogP contribution in [0.4, 0.5) is 13.2 Å². The normalized spacial score (nSPS) is 11.8. The van der Waals surface area contributed by atoms with Crippen LogP contribution in [0.1, 0.15) is 29.8 Å². The minimum absolute atomic E-state index is 0.0126. The Bertz CT molecular complexity index is 1030. The van der Waals surface area contributed by atoms with Crippen molar-refractivity contribution in [3.8, 4) is 11.5 Å². The molecular formula is C19H18F3N3O4. The van der Waals surface area contributed by atoms with E-state index in [0.717, 1.165) is 0 Å². The van der Waals surface area contributed by atoms with Crippen LogP contribution in [-0.2, 0) is 6.54 Å². The largest absolute Gasteiger partial charge is 0.573 e. The first-order chi connectivity index (χ1) is 13.6. The number of pyridine rings is 1. The molecule has 0 bridgehead atoms. The lowest BCUT2D eigenvalue weighted by molar-refractivity contribution is -0.274. The third-order valence-corrected chi connectivity index (χ3v) is 3.88. The van der Waals surface area contributed by atoms with E-state index in [1.165, 1.54) is 41.3 Å². The number of carbonyl (C=O) groups is 1. The van der Waals surface area contributed by atoms with E-state index in [4.69, 9.17) is 9.84 Å². The highest BCUT2D eigenvalue weighted by molar-refractivity contribution is 5.91. The van der Waals surface area contributed by atoms with E-state index in [0.29, 0.717) is 29.0 Å². The van der Waals surface area contributed by atoms with Crippen molar-refractivity contribution in [2.75, 3.05) is 6.61 Å². The van der Waals surface area contributed by atoms with Gasteiger partial charge in [-0.25, -0.2) is 14.5 Å². The van der Waals surface area contributed by atoms with E-state index in [-0.39, 0.29) is 23.8 Å². The Labute approximate surface area is 163 Å². The summed E-state index contributed by atoms with van der Waals surface area (Å²) in [6, 6.07) is 5.27. The average Bonchev–Trinajstić information content (AvgIpc) is 3.01. The fourth-order valence-electron chi connectivity index (χ4n) is 2.64. The van der Waals surface area contributed by atoms with Crippen LogP contribution in [0, 0.1) is 5.92 Å². The number of carboxylic acid groups (broad SMARTS) is 1. The van der Waals surface area contributed by atoms with Crippen LogP contribution in [0.15, 0.2) is 36.7 Å². The average molecular weight is 409 g/mol. The smallest absolute Gasteiger partial charge is 0.493 e. The van der Waals surface area contributed by atoms with Gasteiger partial charge >= 0.3 is 12.3 Å². The number of halogens is 3. The Balaban J connectivity index is 1.95. The summed E-state index contributed by atoms with van der Waals surface area (Å²) < 4.78 is 48.9. The molecule has 0 atom stereocenters. The Hall–Kier alpha value is -3.30. The van der Waals surface area contributed by atoms with Gasteiger partial charge in [-0.1, -0.05) is 13.8 Å². The van der Waals surface area contributed by atoms with Crippen molar-refractivity contribution in [3.05, 3.63) is 47.8 Å². The maximum Gasteiger partial charge on any atom is 0.573 e. The van der Waals surface area contributed by atoms with Gasteiger partial charge in [0.2, 0.25) is 0 Å². The maximum atomic E-state index is 12.6. The van der Waals surface area contributed by atoms with Crippen LogP contribution >= 0.6 is 0 Å². The molecule has 1 N–H and O–H groups in total. The molecule has 0 saturated carbocycles. The summed E-state index contributed by atoms with van der Waals surface area (Å²) in [6.45, 7) is 4.34. The Kier molecular flexibility index (Phi) is 5.62. The van der Waals surface area contributed by atoms with Crippen molar-refractivity contribution in [1.82, 2.24) is 14.8 Å². The first kappa shape index (κ1) is 20.4. The molecule has 0 aliphatic rings. The fourth-order valence-corrected chi connectivity index (χ4v) is 2.64. The van der Waals surface area contributed by atoms with Crippen LogP contribution in [0.25, 0.3) is 11.0 Å². The van der Waals surface area contributed by atoms with Gasteiger partial charge in [0.05, 0.1) is 24.9 Å². The summed E-state index contributed by atoms with van der Waals surface area (Å²) in [4.78, 5) is 15.2. The second-order valence-electron chi connectivity index (χ2n) is 6.77. The van der Waals surface area contributed by atoms with Crippen molar-refractivity contribution in [3.63, 3.8) is 0 Å². The van der Waals surface area contributed by atoms with Gasteiger partial charge in [-0.05, 0) is 30.2 Å². The van der Waals surface area contributed by atoms with Gasteiger partial charge in [-0.2, -0.15) is 5.10 Å². The molecule has 0 spiro atoms. The van der Waals surface area contributed by atoms with Gasteiger partial charge < -0.3 is 14.6 Å². The maximum absolute atomic E-state index is 12.6.